The molecule has 0 atom stereocenters. The van der Waals surface area contributed by atoms with Crippen molar-refractivity contribution in [2.75, 3.05) is 7.11 Å². The summed E-state index contributed by atoms with van der Waals surface area (Å²) in [6, 6.07) is 11.1. The largest absolute Gasteiger partial charge is 0.415 e. The van der Waals surface area contributed by atoms with E-state index >= 15 is 0 Å². The van der Waals surface area contributed by atoms with Gasteiger partial charge < -0.3 is 10.6 Å². The number of primary amides is 1. The van der Waals surface area contributed by atoms with Gasteiger partial charge in [-0.25, -0.2) is 9.37 Å². The zero-order valence-corrected chi connectivity index (χ0v) is 11.2. The molecule has 21 heavy (non-hydrogen) atoms. The number of carbonyl (C=O) groups excluding carboxylic acids is 1. The van der Waals surface area contributed by atoms with Gasteiger partial charge in [-0.1, -0.05) is 12.1 Å². The lowest BCUT2D eigenvalue weighted by Gasteiger charge is -2.07. The molecule has 1 amide bonds. The van der Waals surface area contributed by atoms with E-state index in [9.17, 15) is 9.18 Å². The lowest BCUT2D eigenvalue weighted by molar-refractivity contribution is 0.100. The standard InChI is InChI=1S/C15H12FN3O2/c1-21-19-13-7-6-9(14(17)20)8-12(13)18-15(19)10-4-2-3-5-11(10)16/h2-8H,1H3,(H2,17,20). The number of nitrogens with zero attached hydrogens (tertiary/aromatic N) is 2. The quantitative estimate of drug-likeness (QED) is 0.800. The highest BCUT2D eigenvalue weighted by molar-refractivity contribution is 5.96. The molecule has 0 bridgehead atoms. The molecule has 2 N–H and O–H groups in total. The van der Waals surface area contributed by atoms with Gasteiger partial charge in [0.25, 0.3) is 0 Å². The van der Waals surface area contributed by atoms with Gasteiger partial charge >= 0.3 is 0 Å². The average molecular weight is 285 g/mol. The maximum absolute atomic E-state index is 13.9. The molecule has 0 unspecified atom stereocenters. The first-order valence-electron chi connectivity index (χ1n) is 6.23. The van der Waals surface area contributed by atoms with Crippen molar-refractivity contribution in [2.45, 2.75) is 0 Å². The summed E-state index contributed by atoms with van der Waals surface area (Å²) in [5.41, 5.74) is 7.04. The molecule has 3 rings (SSSR count). The molecular formula is C15H12FN3O2. The lowest BCUT2D eigenvalue weighted by atomic mass is 10.2. The van der Waals surface area contributed by atoms with E-state index in [4.69, 9.17) is 10.6 Å². The lowest BCUT2D eigenvalue weighted by Crippen LogP contribution is -2.11. The van der Waals surface area contributed by atoms with Crippen molar-refractivity contribution in [3.8, 4) is 11.4 Å². The van der Waals surface area contributed by atoms with Gasteiger partial charge in [-0.2, -0.15) is 4.73 Å². The molecule has 0 saturated carbocycles. The molecule has 0 spiro atoms. The number of rotatable bonds is 3. The molecule has 0 saturated heterocycles. The first-order chi connectivity index (χ1) is 10.1. The van der Waals surface area contributed by atoms with Gasteiger partial charge in [0.15, 0.2) is 5.82 Å². The van der Waals surface area contributed by atoms with Crippen LogP contribution in [-0.4, -0.2) is 22.7 Å². The van der Waals surface area contributed by atoms with Crippen LogP contribution in [0.25, 0.3) is 22.4 Å². The summed E-state index contributed by atoms with van der Waals surface area (Å²) < 4.78 is 15.4. The molecule has 1 aromatic heterocycles. The second-order valence-corrected chi connectivity index (χ2v) is 4.46. The van der Waals surface area contributed by atoms with E-state index in [-0.39, 0.29) is 0 Å². The highest BCUT2D eigenvalue weighted by Crippen LogP contribution is 2.26. The van der Waals surface area contributed by atoms with Gasteiger partial charge in [0.1, 0.15) is 18.4 Å². The van der Waals surface area contributed by atoms with Crippen LogP contribution in [0.5, 0.6) is 0 Å². The number of halogens is 1. The Bertz CT molecular complexity index is 842. The second-order valence-electron chi connectivity index (χ2n) is 4.46. The molecule has 2 aromatic carbocycles. The van der Waals surface area contributed by atoms with Gasteiger partial charge in [-0.15, -0.1) is 0 Å². The molecule has 3 aromatic rings. The van der Waals surface area contributed by atoms with E-state index in [1.165, 1.54) is 17.9 Å². The smallest absolute Gasteiger partial charge is 0.248 e. The Hall–Kier alpha value is -2.89. The number of benzene rings is 2. The topological polar surface area (TPSA) is 70.1 Å². The van der Waals surface area contributed by atoms with E-state index in [1.54, 1.807) is 36.4 Å². The predicted molar refractivity (Wildman–Crippen MR) is 76.1 cm³/mol. The monoisotopic (exact) mass is 285 g/mol. The minimum Gasteiger partial charge on any atom is -0.415 e. The Kier molecular flexibility index (Phi) is 3.06. The third kappa shape index (κ3) is 2.10. The molecule has 0 aliphatic carbocycles. The van der Waals surface area contributed by atoms with Crippen LogP contribution in [0.1, 0.15) is 10.4 Å². The molecule has 5 nitrogen and oxygen atoms in total. The van der Waals surface area contributed by atoms with E-state index < -0.39 is 11.7 Å². The van der Waals surface area contributed by atoms with Crippen molar-refractivity contribution in [3.63, 3.8) is 0 Å². The van der Waals surface area contributed by atoms with Crippen LogP contribution in [0.2, 0.25) is 0 Å². The van der Waals surface area contributed by atoms with Crippen LogP contribution >= 0.6 is 0 Å². The maximum Gasteiger partial charge on any atom is 0.248 e. The van der Waals surface area contributed by atoms with Crippen molar-refractivity contribution in [1.82, 2.24) is 9.71 Å². The first-order valence-corrected chi connectivity index (χ1v) is 6.23. The maximum atomic E-state index is 13.9. The van der Waals surface area contributed by atoms with Crippen molar-refractivity contribution >= 4 is 16.9 Å². The molecule has 0 fully saturated rings. The number of carbonyl (C=O) groups is 1. The molecule has 0 aliphatic rings. The Morgan fingerprint density at radius 3 is 2.71 bits per heavy atom. The Morgan fingerprint density at radius 2 is 2.05 bits per heavy atom. The van der Waals surface area contributed by atoms with Gasteiger partial charge in [-0.3, -0.25) is 4.79 Å². The zero-order chi connectivity index (χ0) is 15.0. The molecule has 1 heterocycles. The highest BCUT2D eigenvalue weighted by atomic mass is 19.1. The van der Waals surface area contributed by atoms with Crippen LogP contribution in [0.3, 0.4) is 0 Å². The van der Waals surface area contributed by atoms with Crippen molar-refractivity contribution < 1.29 is 14.0 Å². The molecule has 0 radical (unpaired) electrons. The average Bonchev–Trinajstić information content (AvgIpc) is 2.84. The summed E-state index contributed by atoms with van der Waals surface area (Å²) in [7, 11) is 1.47. The fraction of sp³-hybridized carbons (Fsp3) is 0.0667. The number of hydrogen-bond donors (Lipinski definition) is 1. The summed E-state index contributed by atoms with van der Waals surface area (Å²) in [5, 5.41) is 0. The van der Waals surface area contributed by atoms with Gasteiger partial charge in [-0.05, 0) is 30.3 Å². The summed E-state index contributed by atoms with van der Waals surface area (Å²) >= 11 is 0. The van der Waals surface area contributed by atoms with Crippen molar-refractivity contribution in [3.05, 3.63) is 53.8 Å². The van der Waals surface area contributed by atoms with Gasteiger partial charge in [0.2, 0.25) is 5.91 Å². The number of amides is 1. The van der Waals surface area contributed by atoms with Crippen LogP contribution in [0, 0.1) is 5.82 Å². The highest BCUT2D eigenvalue weighted by Gasteiger charge is 2.17. The number of aromatic nitrogens is 2. The summed E-state index contributed by atoms with van der Waals surface area (Å²) in [6.07, 6.45) is 0. The third-order valence-corrected chi connectivity index (χ3v) is 3.19. The van der Waals surface area contributed by atoms with E-state index in [0.717, 1.165) is 0 Å². The Morgan fingerprint density at radius 1 is 1.29 bits per heavy atom. The van der Waals surface area contributed by atoms with Crippen LogP contribution < -0.4 is 10.6 Å². The predicted octanol–water partition coefficient (Wildman–Crippen LogP) is 2.00. The van der Waals surface area contributed by atoms with Crippen molar-refractivity contribution in [2.24, 2.45) is 5.73 Å². The van der Waals surface area contributed by atoms with Crippen LogP contribution in [-0.2, 0) is 0 Å². The zero-order valence-electron chi connectivity index (χ0n) is 11.2. The normalized spacial score (nSPS) is 10.8. The molecule has 6 heteroatoms. The van der Waals surface area contributed by atoms with E-state index in [0.29, 0.717) is 28.0 Å². The van der Waals surface area contributed by atoms with Crippen LogP contribution in [0.4, 0.5) is 4.39 Å². The Balaban J connectivity index is 2.28. The fourth-order valence-electron chi connectivity index (χ4n) is 2.21. The third-order valence-electron chi connectivity index (χ3n) is 3.19. The van der Waals surface area contributed by atoms with Gasteiger partial charge in [0, 0.05) is 5.56 Å². The second kappa shape index (κ2) is 4.90. The number of hydrogen-bond acceptors (Lipinski definition) is 3. The number of nitrogens with two attached hydrogens (primary N) is 1. The summed E-state index contributed by atoms with van der Waals surface area (Å²) in [4.78, 5) is 20.9. The molecule has 106 valence electrons. The minimum atomic E-state index is -0.545. The minimum absolute atomic E-state index is 0.316. The summed E-state index contributed by atoms with van der Waals surface area (Å²) in [5.74, 6) is -0.621. The fourth-order valence-corrected chi connectivity index (χ4v) is 2.21. The number of imidazole rings is 1. The Labute approximate surface area is 119 Å². The first kappa shape index (κ1) is 13.1. The number of fused-ring (bicyclic) bond motifs is 1. The van der Waals surface area contributed by atoms with Gasteiger partial charge in [0.05, 0.1) is 11.1 Å². The van der Waals surface area contributed by atoms with Crippen molar-refractivity contribution in [1.29, 1.82) is 0 Å². The SMILES string of the molecule is COn1c(-c2ccccc2F)nc2cc(C(N)=O)ccc21. The van der Waals surface area contributed by atoms with Crippen LogP contribution in [0.15, 0.2) is 42.5 Å². The summed E-state index contributed by atoms with van der Waals surface area (Å²) in [6.45, 7) is 0. The molecular weight excluding hydrogens is 273 g/mol. The molecule has 0 aliphatic heterocycles. The van der Waals surface area contributed by atoms with E-state index in [1.807, 2.05) is 0 Å². The van der Waals surface area contributed by atoms with E-state index in [2.05, 4.69) is 4.98 Å².